The molecule has 4 nitrogen and oxygen atoms in total. The number of benzene rings is 1. The lowest BCUT2D eigenvalue weighted by molar-refractivity contribution is 0.167. The lowest BCUT2D eigenvalue weighted by Gasteiger charge is -2.24. The van der Waals surface area contributed by atoms with Gasteiger partial charge in [0.15, 0.2) is 0 Å². The first-order valence-corrected chi connectivity index (χ1v) is 7.80. The van der Waals surface area contributed by atoms with Crippen LogP contribution in [-0.2, 0) is 27.3 Å². The lowest BCUT2D eigenvalue weighted by Crippen LogP contribution is -2.28. The third-order valence-corrected chi connectivity index (χ3v) is 3.94. The Kier molecular flexibility index (Phi) is 2.68. The summed E-state index contributed by atoms with van der Waals surface area (Å²) in [6.45, 7) is 0.607. The molecule has 1 aromatic heterocycles. The van der Waals surface area contributed by atoms with Crippen molar-refractivity contribution in [2.24, 2.45) is 0 Å². The van der Waals surface area contributed by atoms with Crippen LogP contribution >= 0.6 is 0 Å². The van der Waals surface area contributed by atoms with E-state index in [1.807, 2.05) is 12.1 Å². The Bertz CT molecular complexity index is 687. The first-order valence-electron chi connectivity index (χ1n) is 5.98. The van der Waals surface area contributed by atoms with Gasteiger partial charge < -0.3 is 4.57 Å². The Morgan fingerprint density at radius 1 is 1.33 bits per heavy atom. The summed E-state index contributed by atoms with van der Waals surface area (Å²) < 4.78 is 29.6. The van der Waals surface area contributed by atoms with Gasteiger partial charge >= 0.3 is 0 Å². The summed E-state index contributed by atoms with van der Waals surface area (Å²) in [5.74, 6) is 0. The fraction of sp³-hybridized carbons (Fsp3) is 0.385. The van der Waals surface area contributed by atoms with Crippen LogP contribution in [0.15, 0.2) is 30.3 Å². The monoisotopic (exact) mass is 265 g/mol. The largest absolute Gasteiger partial charge is 0.342 e. The molecular weight excluding hydrogens is 250 g/mol. The number of aromatic nitrogens is 1. The van der Waals surface area contributed by atoms with E-state index in [4.69, 9.17) is 4.18 Å². The van der Waals surface area contributed by atoms with E-state index in [-0.39, 0.29) is 6.10 Å². The van der Waals surface area contributed by atoms with E-state index in [0.717, 1.165) is 24.6 Å². The van der Waals surface area contributed by atoms with Crippen molar-refractivity contribution in [3.63, 3.8) is 0 Å². The molecule has 1 aliphatic heterocycles. The van der Waals surface area contributed by atoms with Crippen LogP contribution in [0.25, 0.3) is 10.9 Å². The number of para-hydroxylation sites is 1. The van der Waals surface area contributed by atoms with Crippen LogP contribution in [0.4, 0.5) is 0 Å². The van der Waals surface area contributed by atoms with Crippen molar-refractivity contribution in [1.29, 1.82) is 0 Å². The second kappa shape index (κ2) is 4.10. The SMILES string of the molecule is CS(=O)(=O)OC1CCc2cc3ccccc3n2C1. The Morgan fingerprint density at radius 2 is 2.11 bits per heavy atom. The fourth-order valence-electron chi connectivity index (χ4n) is 2.62. The summed E-state index contributed by atoms with van der Waals surface area (Å²) in [5.41, 5.74) is 2.40. The molecule has 18 heavy (non-hydrogen) atoms. The number of aryl methyl sites for hydroxylation is 1. The van der Waals surface area contributed by atoms with E-state index in [2.05, 4.69) is 22.8 Å². The maximum atomic E-state index is 11.2. The standard InChI is InChI=1S/C13H15NO3S/c1-18(15,16)17-12-7-6-11-8-10-4-2-3-5-13(10)14(11)9-12/h2-5,8,12H,6-7,9H2,1H3. The molecule has 5 heteroatoms. The molecule has 0 fully saturated rings. The Morgan fingerprint density at radius 3 is 2.89 bits per heavy atom. The smallest absolute Gasteiger partial charge is 0.264 e. The molecule has 0 radical (unpaired) electrons. The zero-order valence-electron chi connectivity index (χ0n) is 10.2. The normalized spacial score (nSPS) is 19.9. The number of hydrogen-bond donors (Lipinski definition) is 0. The van der Waals surface area contributed by atoms with Crippen LogP contribution in [0.2, 0.25) is 0 Å². The number of hydrogen-bond acceptors (Lipinski definition) is 3. The molecule has 1 atom stereocenters. The van der Waals surface area contributed by atoms with Gasteiger partial charge in [0, 0.05) is 11.2 Å². The Labute approximate surface area is 106 Å². The maximum absolute atomic E-state index is 11.2. The third kappa shape index (κ3) is 2.15. The van der Waals surface area contributed by atoms with Crippen molar-refractivity contribution in [3.05, 3.63) is 36.0 Å². The van der Waals surface area contributed by atoms with E-state index in [1.54, 1.807) is 0 Å². The maximum Gasteiger partial charge on any atom is 0.264 e. The molecule has 0 amide bonds. The summed E-state index contributed by atoms with van der Waals surface area (Å²) in [6, 6.07) is 10.3. The molecule has 0 bridgehead atoms. The van der Waals surface area contributed by atoms with Crippen molar-refractivity contribution in [2.45, 2.75) is 25.5 Å². The van der Waals surface area contributed by atoms with Crippen molar-refractivity contribution in [3.8, 4) is 0 Å². The summed E-state index contributed by atoms with van der Waals surface area (Å²) in [6.07, 6.45) is 2.47. The minimum atomic E-state index is -3.38. The highest BCUT2D eigenvalue weighted by Crippen LogP contribution is 2.26. The summed E-state index contributed by atoms with van der Waals surface area (Å²) in [4.78, 5) is 0. The second-order valence-electron chi connectivity index (χ2n) is 4.77. The predicted octanol–water partition coefficient (Wildman–Crippen LogP) is 1.93. The van der Waals surface area contributed by atoms with Gasteiger partial charge in [-0.25, -0.2) is 0 Å². The molecule has 1 aromatic carbocycles. The number of nitrogens with zero attached hydrogens (tertiary/aromatic N) is 1. The van der Waals surface area contributed by atoms with Crippen LogP contribution in [0.5, 0.6) is 0 Å². The van der Waals surface area contributed by atoms with Crippen LogP contribution < -0.4 is 0 Å². The average molecular weight is 265 g/mol. The minimum absolute atomic E-state index is 0.247. The number of rotatable bonds is 2. The van der Waals surface area contributed by atoms with Crippen LogP contribution in [0.1, 0.15) is 12.1 Å². The molecular formula is C13H15NO3S. The zero-order chi connectivity index (χ0) is 12.8. The Hall–Kier alpha value is -1.33. The Balaban J connectivity index is 1.96. The summed E-state index contributed by atoms with van der Waals surface area (Å²) in [7, 11) is -3.38. The molecule has 1 aliphatic rings. The van der Waals surface area contributed by atoms with E-state index in [9.17, 15) is 8.42 Å². The van der Waals surface area contributed by atoms with Gasteiger partial charge in [0.2, 0.25) is 0 Å². The van der Waals surface area contributed by atoms with Gasteiger partial charge in [0.25, 0.3) is 10.1 Å². The van der Waals surface area contributed by atoms with Crippen molar-refractivity contribution in [2.75, 3.05) is 6.26 Å². The van der Waals surface area contributed by atoms with Crippen LogP contribution in [0, 0.1) is 0 Å². The highest BCUT2D eigenvalue weighted by Gasteiger charge is 2.23. The molecule has 96 valence electrons. The molecule has 0 N–H and O–H groups in total. The van der Waals surface area contributed by atoms with Crippen LogP contribution in [0.3, 0.4) is 0 Å². The van der Waals surface area contributed by atoms with Gasteiger partial charge in [-0.1, -0.05) is 18.2 Å². The van der Waals surface area contributed by atoms with Gasteiger partial charge in [-0.05, 0) is 30.4 Å². The fourth-order valence-corrected chi connectivity index (χ4v) is 3.27. The minimum Gasteiger partial charge on any atom is -0.342 e. The van der Waals surface area contributed by atoms with E-state index >= 15 is 0 Å². The highest BCUT2D eigenvalue weighted by molar-refractivity contribution is 7.86. The molecule has 0 aliphatic carbocycles. The van der Waals surface area contributed by atoms with Gasteiger partial charge in [-0.15, -0.1) is 0 Å². The molecule has 1 unspecified atom stereocenters. The highest BCUT2D eigenvalue weighted by atomic mass is 32.2. The van der Waals surface area contributed by atoms with Gasteiger partial charge in [0.1, 0.15) is 0 Å². The second-order valence-corrected chi connectivity index (χ2v) is 6.37. The van der Waals surface area contributed by atoms with Crippen molar-refractivity contribution in [1.82, 2.24) is 4.57 Å². The molecule has 2 heterocycles. The van der Waals surface area contributed by atoms with Crippen molar-refractivity contribution < 1.29 is 12.6 Å². The summed E-state index contributed by atoms with van der Waals surface area (Å²) in [5, 5.41) is 1.20. The molecule has 3 rings (SSSR count). The number of fused-ring (bicyclic) bond motifs is 3. The van der Waals surface area contributed by atoms with E-state index < -0.39 is 10.1 Å². The molecule has 0 saturated heterocycles. The van der Waals surface area contributed by atoms with Crippen LogP contribution in [-0.4, -0.2) is 25.3 Å². The first-order chi connectivity index (χ1) is 8.53. The van der Waals surface area contributed by atoms with E-state index in [0.29, 0.717) is 6.54 Å². The average Bonchev–Trinajstić information content (AvgIpc) is 2.65. The third-order valence-electron chi connectivity index (χ3n) is 3.32. The van der Waals surface area contributed by atoms with Gasteiger partial charge in [-0.2, -0.15) is 8.42 Å². The topological polar surface area (TPSA) is 48.3 Å². The van der Waals surface area contributed by atoms with Gasteiger partial charge in [-0.3, -0.25) is 4.18 Å². The predicted molar refractivity (Wildman–Crippen MR) is 70.0 cm³/mol. The zero-order valence-corrected chi connectivity index (χ0v) is 11.0. The quantitative estimate of drug-likeness (QED) is 0.780. The molecule has 2 aromatic rings. The van der Waals surface area contributed by atoms with Gasteiger partial charge in [0.05, 0.1) is 18.9 Å². The molecule has 0 spiro atoms. The first kappa shape index (κ1) is 11.7. The van der Waals surface area contributed by atoms with E-state index in [1.165, 1.54) is 11.1 Å². The summed E-state index contributed by atoms with van der Waals surface area (Å²) >= 11 is 0. The molecule has 0 saturated carbocycles. The lowest BCUT2D eigenvalue weighted by atomic mass is 10.1. The van der Waals surface area contributed by atoms with Crippen molar-refractivity contribution >= 4 is 21.0 Å².